The van der Waals surface area contributed by atoms with Crippen molar-refractivity contribution in [3.8, 4) is 11.3 Å². The van der Waals surface area contributed by atoms with Gasteiger partial charge in [-0.15, -0.1) is 5.10 Å². The highest BCUT2D eigenvalue weighted by atomic mass is 16.5. The Balaban J connectivity index is 1.36. The molecule has 1 aliphatic rings. The fraction of sp³-hybridized carbons (Fsp3) is 0.370. The van der Waals surface area contributed by atoms with Crippen LogP contribution in [0, 0.1) is 0 Å². The number of benzene rings is 2. The number of anilines is 1. The molecule has 0 bridgehead atoms. The largest absolute Gasteiger partial charge is 0.379 e. The number of carbonyl (C=O) groups excluding carboxylic acids is 2. The van der Waals surface area contributed by atoms with E-state index in [1.165, 1.54) is 0 Å². The van der Waals surface area contributed by atoms with E-state index in [1.807, 2.05) is 41.2 Å². The van der Waals surface area contributed by atoms with Crippen LogP contribution in [0.1, 0.15) is 61.1 Å². The Morgan fingerprint density at radius 3 is 2.84 bits per heavy atom. The van der Waals surface area contributed by atoms with Gasteiger partial charge in [0.2, 0.25) is 5.91 Å². The van der Waals surface area contributed by atoms with E-state index >= 15 is 0 Å². The van der Waals surface area contributed by atoms with Crippen molar-refractivity contribution in [2.24, 2.45) is 0 Å². The molecule has 192 valence electrons. The Morgan fingerprint density at radius 2 is 2.00 bits per heavy atom. The van der Waals surface area contributed by atoms with Crippen molar-refractivity contribution in [3.05, 3.63) is 59.9 Å². The maximum atomic E-state index is 13.2. The Labute approximate surface area is 214 Å². The lowest BCUT2D eigenvalue weighted by Gasteiger charge is -2.29. The van der Waals surface area contributed by atoms with Crippen molar-refractivity contribution < 1.29 is 14.3 Å². The summed E-state index contributed by atoms with van der Waals surface area (Å²) in [6.45, 7) is 2.01. The number of rotatable bonds is 8. The summed E-state index contributed by atoms with van der Waals surface area (Å²) in [5, 5.41) is 22.8. The van der Waals surface area contributed by atoms with E-state index < -0.39 is 0 Å². The number of methoxy groups -OCH3 is 1. The van der Waals surface area contributed by atoms with E-state index in [0.717, 1.165) is 42.1 Å². The summed E-state index contributed by atoms with van der Waals surface area (Å²) >= 11 is 0. The summed E-state index contributed by atoms with van der Waals surface area (Å²) in [4.78, 5) is 25.3. The number of hydrogen-bond acceptors (Lipinski definition) is 6. The van der Waals surface area contributed by atoms with Crippen molar-refractivity contribution in [1.29, 1.82) is 0 Å². The SMILES string of the molecule is CCC(=O)Nc1cc(C(=O)NCc2cn([C@@H]3CCCC[C@H]3OC)nn2)cc(-c2n[nH]c3ccccc23)c1. The fourth-order valence-electron chi connectivity index (χ4n) is 4.88. The minimum Gasteiger partial charge on any atom is -0.379 e. The minimum absolute atomic E-state index is 0.121. The van der Waals surface area contributed by atoms with Gasteiger partial charge in [-0.3, -0.25) is 14.7 Å². The molecule has 2 atom stereocenters. The second kappa shape index (κ2) is 10.9. The third-order valence-corrected chi connectivity index (χ3v) is 6.84. The summed E-state index contributed by atoms with van der Waals surface area (Å²) in [5.41, 5.74) is 3.95. The second-order valence-electron chi connectivity index (χ2n) is 9.32. The molecule has 2 aromatic heterocycles. The van der Waals surface area contributed by atoms with Crippen molar-refractivity contribution in [2.75, 3.05) is 12.4 Å². The highest BCUT2D eigenvalue weighted by Gasteiger charge is 2.27. The topological polar surface area (TPSA) is 127 Å². The molecule has 0 unspecified atom stereocenters. The van der Waals surface area contributed by atoms with Gasteiger partial charge in [-0.1, -0.05) is 43.2 Å². The quantitative estimate of drug-likeness (QED) is 0.332. The van der Waals surface area contributed by atoms with Gasteiger partial charge in [0.25, 0.3) is 5.91 Å². The standard InChI is InChI=1S/C27H31N7O3/c1-3-25(35)29-19-13-17(26-21-8-4-5-9-22(21)31-32-26)12-18(14-19)27(36)28-15-20-16-34(33-30-20)23-10-6-7-11-24(23)37-2/h4-5,8-9,12-14,16,23-24H,3,6-7,10-11,15H2,1-2H3,(H,28,36)(H,29,35)(H,31,32)/t23-,24-/m1/s1. The van der Waals surface area contributed by atoms with Gasteiger partial charge in [0.05, 0.1) is 36.1 Å². The first kappa shape index (κ1) is 24.6. The molecule has 3 N–H and O–H groups in total. The number of aromatic nitrogens is 5. The number of carbonyl (C=O) groups is 2. The van der Waals surface area contributed by atoms with Crippen LogP contribution in [0.15, 0.2) is 48.7 Å². The maximum absolute atomic E-state index is 13.2. The van der Waals surface area contributed by atoms with E-state index in [4.69, 9.17) is 4.74 Å². The zero-order valence-electron chi connectivity index (χ0n) is 21.0. The van der Waals surface area contributed by atoms with Crippen molar-refractivity contribution in [3.63, 3.8) is 0 Å². The zero-order chi connectivity index (χ0) is 25.8. The number of ether oxygens (including phenoxy) is 1. The molecule has 2 aromatic carbocycles. The molecule has 2 amide bonds. The van der Waals surface area contributed by atoms with E-state index in [0.29, 0.717) is 29.1 Å². The predicted octanol–water partition coefficient (Wildman–Crippen LogP) is 4.23. The highest BCUT2D eigenvalue weighted by Crippen LogP contribution is 2.31. The summed E-state index contributed by atoms with van der Waals surface area (Å²) in [7, 11) is 1.73. The molecule has 0 saturated heterocycles. The van der Waals surface area contributed by atoms with Crippen LogP contribution in [0.4, 0.5) is 5.69 Å². The van der Waals surface area contributed by atoms with E-state index in [-0.39, 0.29) is 30.5 Å². The van der Waals surface area contributed by atoms with Crippen molar-refractivity contribution >= 4 is 28.4 Å². The Bertz CT molecular complexity index is 1410. The third-order valence-electron chi connectivity index (χ3n) is 6.84. The predicted molar refractivity (Wildman–Crippen MR) is 140 cm³/mol. The molecule has 1 aliphatic carbocycles. The van der Waals surface area contributed by atoms with Gasteiger partial charge in [-0.25, -0.2) is 4.68 Å². The normalized spacial score (nSPS) is 17.6. The van der Waals surface area contributed by atoms with Crippen LogP contribution in [-0.4, -0.2) is 50.2 Å². The number of hydrogen-bond donors (Lipinski definition) is 3. The first-order chi connectivity index (χ1) is 18.1. The first-order valence-corrected chi connectivity index (χ1v) is 12.7. The summed E-state index contributed by atoms with van der Waals surface area (Å²) in [6, 6.07) is 13.2. The molecule has 37 heavy (non-hydrogen) atoms. The van der Waals surface area contributed by atoms with Gasteiger partial charge in [0, 0.05) is 35.7 Å². The van der Waals surface area contributed by atoms with Gasteiger partial charge >= 0.3 is 0 Å². The van der Waals surface area contributed by atoms with Gasteiger partial charge in [-0.2, -0.15) is 5.10 Å². The highest BCUT2D eigenvalue weighted by molar-refractivity contribution is 6.01. The average molecular weight is 502 g/mol. The molecule has 1 saturated carbocycles. The molecule has 10 heteroatoms. The maximum Gasteiger partial charge on any atom is 0.251 e. The number of aromatic amines is 1. The average Bonchev–Trinajstić information content (AvgIpc) is 3.59. The van der Waals surface area contributed by atoms with Gasteiger partial charge in [0.15, 0.2) is 0 Å². The first-order valence-electron chi connectivity index (χ1n) is 12.7. The van der Waals surface area contributed by atoms with E-state index in [2.05, 4.69) is 31.1 Å². The van der Waals surface area contributed by atoms with Gasteiger partial charge in [-0.05, 0) is 37.1 Å². The zero-order valence-corrected chi connectivity index (χ0v) is 21.0. The summed E-state index contributed by atoms with van der Waals surface area (Å²) < 4.78 is 7.50. The number of nitrogens with one attached hydrogen (secondary N) is 3. The van der Waals surface area contributed by atoms with Crippen molar-refractivity contribution in [1.82, 2.24) is 30.5 Å². The van der Waals surface area contributed by atoms with Crippen LogP contribution in [-0.2, 0) is 16.1 Å². The van der Waals surface area contributed by atoms with E-state index in [9.17, 15) is 9.59 Å². The second-order valence-corrected chi connectivity index (χ2v) is 9.32. The van der Waals surface area contributed by atoms with E-state index in [1.54, 1.807) is 26.2 Å². The smallest absolute Gasteiger partial charge is 0.251 e. The lowest BCUT2D eigenvalue weighted by Crippen LogP contribution is -2.29. The number of nitrogens with zero attached hydrogens (tertiary/aromatic N) is 4. The molecular weight excluding hydrogens is 470 g/mol. The van der Waals surface area contributed by atoms with Gasteiger partial charge < -0.3 is 15.4 Å². The van der Waals surface area contributed by atoms with Crippen LogP contribution < -0.4 is 10.6 Å². The molecule has 5 rings (SSSR count). The van der Waals surface area contributed by atoms with Crippen LogP contribution in [0.25, 0.3) is 22.2 Å². The number of H-pyrrole nitrogens is 1. The minimum atomic E-state index is -0.282. The molecule has 0 aliphatic heterocycles. The molecule has 0 radical (unpaired) electrons. The lowest BCUT2D eigenvalue weighted by molar-refractivity contribution is -0.115. The monoisotopic (exact) mass is 501 g/mol. The van der Waals surface area contributed by atoms with Gasteiger partial charge in [0.1, 0.15) is 5.69 Å². The Morgan fingerprint density at radius 1 is 1.16 bits per heavy atom. The number of para-hydroxylation sites is 1. The van der Waals surface area contributed by atoms with Crippen molar-refractivity contribution in [2.45, 2.75) is 57.7 Å². The Hall–Kier alpha value is -4.05. The molecule has 1 fully saturated rings. The summed E-state index contributed by atoms with van der Waals surface area (Å²) in [5.74, 6) is -0.417. The summed E-state index contributed by atoms with van der Waals surface area (Å²) in [6.07, 6.45) is 6.62. The van der Waals surface area contributed by atoms with Crippen LogP contribution in [0.5, 0.6) is 0 Å². The number of amides is 2. The van der Waals surface area contributed by atoms with Crippen LogP contribution in [0.3, 0.4) is 0 Å². The third kappa shape index (κ3) is 5.39. The molecular formula is C27H31N7O3. The van der Waals surface area contributed by atoms with Crippen LogP contribution in [0.2, 0.25) is 0 Å². The van der Waals surface area contributed by atoms with Crippen LogP contribution >= 0.6 is 0 Å². The Kier molecular flexibility index (Phi) is 7.27. The number of fused-ring (bicyclic) bond motifs is 1. The molecule has 10 nitrogen and oxygen atoms in total. The fourth-order valence-corrected chi connectivity index (χ4v) is 4.88. The molecule has 4 aromatic rings. The molecule has 0 spiro atoms. The lowest BCUT2D eigenvalue weighted by atomic mass is 9.92. The molecule has 2 heterocycles.